The number of aliphatic imine (C=N–C) groups is 1. The van der Waals surface area contributed by atoms with Crippen molar-refractivity contribution in [2.75, 3.05) is 27.2 Å². The number of piperidine rings is 1. The summed E-state index contributed by atoms with van der Waals surface area (Å²) in [6.45, 7) is 2.33. The molecule has 2 heterocycles. The molecule has 0 bridgehead atoms. The molecule has 7 nitrogen and oxygen atoms in total. The Hall–Kier alpha value is -2.43. The molecule has 1 aliphatic rings. The van der Waals surface area contributed by atoms with Gasteiger partial charge in [-0.05, 0) is 36.5 Å². The third kappa shape index (κ3) is 7.64. The van der Waals surface area contributed by atoms with Crippen LogP contribution in [0.15, 0.2) is 47.6 Å². The van der Waals surface area contributed by atoms with E-state index in [2.05, 4.69) is 25.5 Å². The number of guanidine groups is 1. The van der Waals surface area contributed by atoms with Gasteiger partial charge in [0.05, 0.1) is 0 Å². The van der Waals surface area contributed by atoms with E-state index in [1.54, 1.807) is 38.5 Å². The first-order valence-electron chi connectivity index (χ1n) is 10.1. The molecule has 0 atom stereocenters. The maximum Gasteiger partial charge on any atom is 0.220 e. The van der Waals surface area contributed by atoms with Crippen molar-refractivity contribution in [1.29, 1.82) is 0 Å². The minimum absolute atomic E-state index is 0. The summed E-state index contributed by atoms with van der Waals surface area (Å²) in [6, 6.07) is 9.63. The molecule has 0 unspecified atom stereocenters. The van der Waals surface area contributed by atoms with Crippen molar-refractivity contribution < 1.29 is 13.9 Å². The summed E-state index contributed by atoms with van der Waals surface area (Å²) in [5, 5.41) is 6.06. The summed E-state index contributed by atoms with van der Waals surface area (Å²) in [5.41, 5.74) is 0.984. The molecular weight excluding hydrogens is 512 g/mol. The quantitative estimate of drug-likeness (QED) is 0.333. The lowest BCUT2D eigenvalue weighted by molar-refractivity contribution is -0.121. The highest BCUT2D eigenvalue weighted by molar-refractivity contribution is 14.0. The summed E-state index contributed by atoms with van der Waals surface area (Å²) in [6.07, 6.45) is 4.26. The van der Waals surface area contributed by atoms with E-state index >= 15 is 0 Å². The molecule has 1 fully saturated rings. The standard InChI is InChI=1S/C22H28FN5O2.HI/c1-24-20(29)12-16-8-10-28(11-9-16)22(25-2)27-15-17-6-7-21(26-14-17)30-19-5-3-4-18(23)13-19;/h3-7,13-14,16H,8-12,15H2,1-2H3,(H,24,29)(H,25,27);1H. The molecule has 1 aromatic carbocycles. The predicted octanol–water partition coefficient (Wildman–Crippen LogP) is 3.55. The second-order valence-electron chi connectivity index (χ2n) is 7.27. The summed E-state index contributed by atoms with van der Waals surface area (Å²) >= 11 is 0. The molecule has 1 aliphatic heterocycles. The molecule has 168 valence electrons. The van der Waals surface area contributed by atoms with E-state index in [-0.39, 0.29) is 35.7 Å². The van der Waals surface area contributed by atoms with Crippen molar-refractivity contribution in [3.05, 3.63) is 54.0 Å². The van der Waals surface area contributed by atoms with Gasteiger partial charge in [-0.2, -0.15) is 0 Å². The largest absolute Gasteiger partial charge is 0.439 e. The van der Waals surface area contributed by atoms with Crippen molar-refractivity contribution >= 4 is 35.8 Å². The van der Waals surface area contributed by atoms with Gasteiger partial charge in [-0.1, -0.05) is 12.1 Å². The van der Waals surface area contributed by atoms with Crippen molar-refractivity contribution in [3.8, 4) is 11.6 Å². The lowest BCUT2D eigenvalue weighted by Gasteiger charge is -2.34. The topological polar surface area (TPSA) is 78.9 Å². The number of carbonyl (C=O) groups excluding carboxylic acids is 1. The number of amides is 1. The number of halogens is 2. The second-order valence-corrected chi connectivity index (χ2v) is 7.27. The normalized spacial score (nSPS) is 14.5. The van der Waals surface area contributed by atoms with Crippen LogP contribution in [0.3, 0.4) is 0 Å². The fraction of sp³-hybridized carbons (Fsp3) is 0.409. The van der Waals surface area contributed by atoms with Crippen LogP contribution >= 0.6 is 24.0 Å². The summed E-state index contributed by atoms with van der Waals surface area (Å²) in [4.78, 5) is 22.4. The average molecular weight is 541 g/mol. The van der Waals surface area contributed by atoms with Crippen LogP contribution in [0.1, 0.15) is 24.8 Å². The number of nitrogens with zero attached hydrogens (tertiary/aromatic N) is 3. The molecule has 2 aromatic rings. The Morgan fingerprint density at radius 3 is 2.68 bits per heavy atom. The number of hydrogen-bond donors (Lipinski definition) is 2. The zero-order chi connectivity index (χ0) is 21.3. The van der Waals surface area contributed by atoms with E-state index in [9.17, 15) is 9.18 Å². The Kier molecular flexibility index (Phi) is 9.96. The van der Waals surface area contributed by atoms with Crippen LogP contribution in [0.25, 0.3) is 0 Å². The molecule has 0 radical (unpaired) electrons. The van der Waals surface area contributed by atoms with E-state index in [0.29, 0.717) is 30.5 Å². The maximum absolute atomic E-state index is 13.2. The van der Waals surface area contributed by atoms with Crippen LogP contribution in [0.2, 0.25) is 0 Å². The van der Waals surface area contributed by atoms with Gasteiger partial charge in [0.15, 0.2) is 5.96 Å². The van der Waals surface area contributed by atoms with E-state index in [4.69, 9.17) is 4.74 Å². The van der Waals surface area contributed by atoms with Gasteiger partial charge in [0.1, 0.15) is 11.6 Å². The number of ether oxygens (including phenoxy) is 1. The van der Waals surface area contributed by atoms with Gasteiger partial charge in [0, 0.05) is 58.5 Å². The second kappa shape index (κ2) is 12.4. The van der Waals surface area contributed by atoms with Gasteiger partial charge in [-0.3, -0.25) is 9.79 Å². The predicted molar refractivity (Wildman–Crippen MR) is 129 cm³/mol. The molecule has 1 saturated heterocycles. The number of hydrogen-bond acceptors (Lipinski definition) is 4. The zero-order valence-electron chi connectivity index (χ0n) is 17.8. The fourth-order valence-corrected chi connectivity index (χ4v) is 3.45. The highest BCUT2D eigenvalue weighted by Gasteiger charge is 2.23. The molecular formula is C22H29FIN5O2. The minimum atomic E-state index is -0.350. The Morgan fingerprint density at radius 2 is 2.06 bits per heavy atom. The zero-order valence-corrected chi connectivity index (χ0v) is 20.1. The molecule has 1 aromatic heterocycles. The smallest absolute Gasteiger partial charge is 0.220 e. The fourth-order valence-electron chi connectivity index (χ4n) is 3.45. The van der Waals surface area contributed by atoms with Crippen LogP contribution in [0.5, 0.6) is 11.6 Å². The van der Waals surface area contributed by atoms with Crippen molar-refractivity contribution in [3.63, 3.8) is 0 Å². The Labute approximate surface area is 199 Å². The number of likely N-dealkylation sites (tertiary alicyclic amines) is 1. The molecule has 0 aliphatic carbocycles. The van der Waals surface area contributed by atoms with Gasteiger partial charge in [-0.15, -0.1) is 24.0 Å². The van der Waals surface area contributed by atoms with E-state index in [1.165, 1.54) is 12.1 Å². The SMILES string of the molecule is CN=C(NCc1ccc(Oc2cccc(F)c2)nc1)N1CCC(CC(=O)NC)CC1.I. The van der Waals surface area contributed by atoms with Gasteiger partial charge in [0.2, 0.25) is 11.8 Å². The highest BCUT2D eigenvalue weighted by atomic mass is 127. The number of benzene rings is 1. The molecule has 9 heteroatoms. The van der Waals surface area contributed by atoms with Gasteiger partial charge >= 0.3 is 0 Å². The maximum atomic E-state index is 13.2. The van der Waals surface area contributed by atoms with Crippen LogP contribution < -0.4 is 15.4 Å². The Bertz CT molecular complexity index is 870. The monoisotopic (exact) mass is 541 g/mol. The highest BCUT2D eigenvalue weighted by Crippen LogP contribution is 2.21. The van der Waals surface area contributed by atoms with E-state index in [1.807, 2.05) is 6.07 Å². The molecule has 0 spiro atoms. The van der Waals surface area contributed by atoms with E-state index < -0.39 is 0 Å². The van der Waals surface area contributed by atoms with Gasteiger partial charge < -0.3 is 20.3 Å². The summed E-state index contributed by atoms with van der Waals surface area (Å²) < 4.78 is 18.8. The summed E-state index contributed by atoms with van der Waals surface area (Å²) in [5.74, 6) is 1.84. The molecule has 3 rings (SSSR count). The number of aromatic nitrogens is 1. The van der Waals surface area contributed by atoms with Gasteiger partial charge in [0.25, 0.3) is 0 Å². The summed E-state index contributed by atoms with van der Waals surface area (Å²) in [7, 11) is 3.45. The van der Waals surface area contributed by atoms with Crippen LogP contribution in [-0.4, -0.2) is 48.9 Å². The first kappa shape index (κ1) is 24.8. The lowest BCUT2D eigenvalue weighted by Crippen LogP contribution is -2.45. The number of pyridine rings is 1. The number of rotatable bonds is 6. The van der Waals surface area contributed by atoms with Gasteiger partial charge in [-0.25, -0.2) is 9.37 Å². The van der Waals surface area contributed by atoms with Crippen molar-refractivity contribution in [2.45, 2.75) is 25.8 Å². The minimum Gasteiger partial charge on any atom is -0.439 e. The van der Waals surface area contributed by atoms with Crippen molar-refractivity contribution in [1.82, 2.24) is 20.5 Å². The van der Waals surface area contributed by atoms with Crippen LogP contribution in [-0.2, 0) is 11.3 Å². The third-order valence-electron chi connectivity index (χ3n) is 5.15. The van der Waals surface area contributed by atoms with Crippen molar-refractivity contribution in [2.24, 2.45) is 10.9 Å². The Morgan fingerprint density at radius 1 is 1.29 bits per heavy atom. The average Bonchev–Trinajstić information content (AvgIpc) is 2.76. The lowest BCUT2D eigenvalue weighted by atomic mass is 9.93. The molecule has 31 heavy (non-hydrogen) atoms. The first-order chi connectivity index (χ1) is 14.6. The third-order valence-corrected chi connectivity index (χ3v) is 5.15. The molecule has 2 N–H and O–H groups in total. The van der Waals surface area contributed by atoms with E-state index in [0.717, 1.165) is 37.5 Å². The molecule has 0 saturated carbocycles. The number of carbonyl (C=O) groups is 1. The number of nitrogens with one attached hydrogen (secondary N) is 2. The molecule has 1 amide bonds. The Balaban J connectivity index is 0.00000341. The van der Waals surface area contributed by atoms with Crippen LogP contribution in [0.4, 0.5) is 4.39 Å². The van der Waals surface area contributed by atoms with Crippen LogP contribution in [0, 0.1) is 11.7 Å². The first-order valence-corrected chi connectivity index (χ1v) is 10.1.